The molecule has 6 aliphatic rings. The summed E-state index contributed by atoms with van der Waals surface area (Å²) >= 11 is 0. The molecule has 4 unspecified atom stereocenters. The summed E-state index contributed by atoms with van der Waals surface area (Å²) in [6.45, 7) is 14.8. The first kappa shape index (κ1) is 31.5. The lowest BCUT2D eigenvalue weighted by Crippen LogP contribution is -2.69. The summed E-state index contributed by atoms with van der Waals surface area (Å²) in [5, 5.41) is 32.7. The molecule has 1 saturated heterocycles. The first-order chi connectivity index (χ1) is 21.0. The number of hydrogen-bond acceptors (Lipinski definition) is 6. The van der Waals surface area contributed by atoms with E-state index >= 15 is 0 Å². The molecule has 45 heavy (non-hydrogen) atoms. The van der Waals surface area contributed by atoms with Gasteiger partial charge in [0, 0.05) is 11.0 Å². The third kappa shape index (κ3) is 4.14. The molecule has 1 aromatic carbocycles. The molecule has 7 rings (SSSR count). The number of carbonyl (C=O) groups is 1. The van der Waals surface area contributed by atoms with Gasteiger partial charge in [-0.3, -0.25) is 4.79 Å². The number of carboxylic acids is 1. The molecule has 0 bridgehead atoms. The highest BCUT2D eigenvalue weighted by Gasteiger charge is 2.71. The fraction of sp³-hybridized carbons (Fsp3) is 0.763. The molecular weight excluding hydrogens is 568 g/mol. The molecule has 0 radical (unpaired) electrons. The van der Waals surface area contributed by atoms with Crippen molar-refractivity contribution in [2.24, 2.45) is 50.2 Å². The maximum absolute atomic E-state index is 13.0. The highest BCUT2D eigenvalue weighted by atomic mass is 16.7. The minimum atomic E-state index is -0.638. The Balaban J connectivity index is 1.21. The van der Waals surface area contributed by atoms with Crippen LogP contribution in [0.3, 0.4) is 0 Å². The second kappa shape index (κ2) is 9.96. The van der Waals surface area contributed by atoms with Gasteiger partial charge in [-0.25, -0.2) is 0 Å². The van der Waals surface area contributed by atoms with Crippen molar-refractivity contribution in [1.29, 1.82) is 0 Å². The van der Waals surface area contributed by atoms with E-state index in [1.54, 1.807) is 18.2 Å². The van der Waals surface area contributed by atoms with Crippen LogP contribution in [0.25, 0.3) is 0 Å². The van der Waals surface area contributed by atoms with Crippen molar-refractivity contribution >= 4 is 5.97 Å². The molecule has 248 valence electrons. The van der Waals surface area contributed by atoms with Gasteiger partial charge in [0.15, 0.2) is 17.8 Å². The van der Waals surface area contributed by atoms with E-state index in [4.69, 9.17) is 14.2 Å². The lowest BCUT2D eigenvalue weighted by Gasteiger charge is -2.72. The number of phenolic OH excluding ortho intramolecular Hbond substituents is 1. The number of benzene rings is 1. The van der Waals surface area contributed by atoms with Gasteiger partial charge in [0.25, 0.3) is 0 Å². The average Bonchev–Trinajstić information content (AvgIpc) is 2.97. The fourth-order valence-electron chi connectivity index (χ4n) is 12.4. The van der Waals surface area contributed by atoms with Gasteiger partial charge in [-0.05, 0) is 109 Å². The Hall–Kier alpha value is -2.09. The third-order valence-corrected chi connectivity index (χ3v) is 15.1. The first-order valence-corrected chi connectivity index (χ1v) is 17.3. The average molecular weight is 623 g/mol. The topological polar surface area (TPSA) is 105 Å². The number of aromatic hydroxyl groups is 1. The normalized spacial score (nSPS) is 48.4. The molecule has 4 saturated carbocycles. The van der Waals surface area contributed by atoms with Crippen molar-refractivity contribution in [3.63, 3.8) is 0 Å². The number of allylic oxidation sites excluding steroid dienone is 2. The van der Waals surface area contributed by atoms with E-state index in [2.05, 4.69) is 47.6 Å². The first-order valence-electron chi connectivity index (χ1n) is 17.3. The Morgan fingerprint density at radius 1 is 0.956 bits per heavy atom. The van der Waals surface area contributed by atoms with Gasteiger partial charge in [0.05, 0.1) is 31.3 Å². The van der Waals surface area contributed by atoms with Gasteiger partial charge < -0.3 is 29.5 Å². The van der Waals surface area contributed by atoms with E-state index < -0.39 is 23.8 Å². The number of methoxy groups -OCH3 is 1. The van der Waals surface area contributed by atoms with E-state index in [-0.39, 0.29) is 44.8 Å². The minimum Gasteiger partial charge on any atom is -0.504 e. The van der Waals surface area contributed by atoms with E-state index in [1.807, 2.05) is 0 Å². The second-order valence-corrected chi connectivity index (χ2v) is 17.6. The zero-order valence-electron chi connectivity index (χ0n) is 28.3. The molecule has 0 spiro atoms. The standard InChI is InChI=1S/C38H54O7/c1-33(2)14-16-38(32(41)42)17-15-36(5)23(24(38)19-33)9-11-29-34(3)20-26(40)30-35(4,28(34)12-13-37(29,36)6)21-44-31(45-30)22-8-10-25(39)27(18-22)43-7/h8-10,18,24,26,28-31,39-40H,11-17,19-21H2,1-7H3,(H,41,42)/t24?,26-,28?,29?,30+,31?,34+,35+,36-,37-,38+/m1/s1. The zero-order valence-corrected chi connectivity index (χ0v) is 28.3. The number of fused-ring (bicyclic) bond motifs is 9. The van der Waals surface area contributed by atoms with Gasteiger partial charge >= 0.3 is 5.97 Å². The number of aliphatic hydroxyl groups excluding tert-OH is 1. The molecule has 0 aromatic heterocycles. The number of rotatable bonds is 3. The molecule has 5 fully saturated rings. The number of ether oxygens (including phenoxy) is 3. The largest absolute Gasteiger partial charge is 0.504 e. The van der Waals surface area contributed by atoms with Gasteiger partial charge in [0.2, 0.25) is 0 Å². The Morgan fingerprint density at radius 3 is 2.40 bits per heavy atom. The Kier molecular flexibility index (Phi) is 6.97. The molecule has 3 N–H and O–H groups in total. The van der Waals surface area contributed by atoms with E-state index in [0.717, 1.165) is 56.9 Å². The number of phenols is 1. The van der Waals surface area contributed by atoms with Crippen molar-refractivity contribution in [1.82, 2.24) is 0 Å². The molecule has 1 aromatic rings. The number of carboxylic acid groups (broad SMARTS) is 1. The SMILES string of the molecule is COc1cc(C2OC[C@@]3(C)C4CC[C@]5(C)C(CC=C6C7CC(C)(C)CC[C@]7(C(=O)O)CC[C@]65C)[C@@]4(C)C[C@@H](O)[C@@H]3O2)ccc1O. The van der Waals surface area contributed by atoms with E-state index in [9.17, 15) is 20.1 Å². The van der Waals surface area contributed by atoms with Crippen molar-refractivity contribution in [3.8, 4) is 11.5 Å². The predicted molar refractivity (Wildman–Crippen MR) is 171 cm³/mol. The van der Waals surface area contributed by atoms with Gasteiger partial charge in [-0.1, -0.05) is 59.3 Å². The monoisotopic (exact) mass is 622 g/mol. The summed E-state index contributed by atoms with van der Waals surface area (Å²) < 4.78 is 18.4. The summed E-state index contributed by atoms with van der Waals surface area (Å²) in [5.41, 5.74) is 1.19. The molecule has 7 heteroatoms. The van der Waals surface area contributed by atoms with Crippen molar-refractivity contribution in [2.45, 2.75) is 118 Å². The number of aliphatic carboxylic acids is 1. The lowest BCUT2D eigenvalue weighted by molar-refractivity contribution is -0.339. The molecular formula is C38H54O7. The van der Waals surface area contributed by atoms with Crippen LogP contribution in [-0.4, -0.2) is 47.2 Å². The maximum atomic E-state index is 13.0. The van der Waals surface area contributed by atoms with Gasteiger partial charge in [0.1, 0.15) is 0 Å². The van der Waals surface area contributed by atoms with Crippen LogP contribution in [0.4, 0.5) is 0 Å². The third-order valence-electron chi connectivity index (χ3n) is 15.1. The Morgan fingerprint density at radius 2 is 1.69 bits per heavy atom. The van der Waals surface area contributed by atoms with Crippen LogP contribution in [0, 0.1) is 50.2 Å². The zero-order chi connectivity index (χ0) is 32.4. The molecule has 5 aliphatic carbocycles. The van der Waals surface area contributed by atoms with Crippen LogP contribution in [-0.2, 0) is 14.3 Å². The summed E-state index contributed by atoms with van der Waals surface area (Å²) in [6, 6.07) is 5.13. The molecule has 11 atom stereocenters. The maximum Gasteiger partial charge on any atom is 0.310 e. The smallest absolute Gasteiger partial charge is 0.310 e. The van der Waals surface area contributed by atoms with Crippen LogP contribution >= 0.6 is 0 Å². The highest BCUT2D eigenvalue weighted by molar-refractivity contribution is 5.76. The van der Waals surface area contributed by atoms with E-state index in [1.165, 1.54) is 12.7 Å². The van der Waals surface area contributed by atoms with E-state index in [0.29, 0.717) is 30.6 Å². The van der Waals surface area contributed by atoms with Crippen LogP contribution in [0.2, 0.25) is 0 Å². The lowest BCUT2D eigenvalue weighted by atomic mass is 9.33. The summed E-state index contributed by atoms with van der Waals surface area (Å²) in [6.07, 6.45) is 8.97. The summed E-state index contributed by atoms with van der Waals surface area (Å²) in [7, 11) is 1.52. The minimum absolute atomic E-state index is 0.0129. The molecule has 1 aliphatic heterocycles. The van der Waals surface area contributed by atoms with Crippen molar-refractivity contribution < 1.29 is 34.3 Å². The molecule has 0 amide bonds. The van der Waals surface area contributed by atoms with Gasteiger partial charge in [-0.15, -0.1) is 0 Å². The highest BCUT2D eigenvalue weighted by Crippen LogP contribution is 2.76. The number of hydrogen-bond donors (Lipinski definition) is 3. The van der Waals surface area contributed by atoms with Gasteiger partial charge in [-0.2, -0.15) is 0 Å². The fourth-order valence-corrected chi connectivity index (χ4v) is 12.4. The summed E-state index contributed by atoms with van der Waals surface area (Å²) in [5.74, 6) is 0.631. The van der Waals surface area contributed by atoms with Crippen LogP contribution < -0.4 is 4.74 Å². The predicted octanol–water partition coefficient (Wildman–Crippen LogP) is 7.65. The number of aliphatic hydroxyl groups is 1. The van der Waals surface area contributed by atoms with Crippen LogP contribution in [0.15, 0.2) is 29.8 Å². The second-order valence-electron chi connectivity index (χ2n) is 17.6. The van der Waals surface area contributed by atoms with Crippen molar-refractivity contribution in [3.05, 3.63) is 35.4 Å². The molecule has 1 heterocycles. The van der Waals surface area contributed by atoms with Crippen LogP contribution in [0.1, 0.15) is 111 Å². The quantitative estimate of drug-likeness (QED) is 0.297. The molecule has 7 nitrogen and oxygen atoms in total. The summed E-state index contributed by atoms with van der Waals surface area (Å²) in [4.78, 5) is 13.0. The Labute approximate surface area is 268 Å². The van der Waals surface area contributed by atoms with Crippen molar-refractivity contribution in [2.75, 3.05) is 13.7 Å². The Bertz CT molecular complexity index is 1420. The van der Waals surface area contributed by atoms with Crippen LogP contribution in [0.5, 0.6) is 11.5 Å².